The number of H-pyrrole nitrogens is 1. The standard InChI is InChI=1S/C17H21ClN4O2/c18-14-6-5-12(15-10-20-22-21-15)9-13(14)16(23)19-11-17(24)7-3-1-2-4-8-17/h5-6,9-10,24H,1-4,7-8,11H2,(H,19,23)(H,20,21,22). The van der Waals surface area contributed by atoms with Gasteiger partial charge in [-0.1, -0.05) is 43.4 Å². The van der Waals surface area contributed by atoms with Gasteiger partial charge in [0.15, 0.2) is 0 Å². The number of aliphatic hydroxyl groups is 1. The van der Waals surface area contributed by atoms with Gasteiger partial charge in [-0.25, -0.2) is 0 Å². The molecule has 1 aliphatic carbocycles. The maximum absolute atomic E-state index is 12.5. The van der Waals surface area contributed by atoms with Crippen LogP contribution in [0.15, 0.2) is 24.4 Å². The van der Waals surface area contributed by atoms with Crippen molar-refractivity contribution in [2.24, 2.45) is 0 Å². The molecule has 1 heterocycles. The normalized spacial score (nSPS) is 17.2. The highest BCUT2D eigenvalue weighted by Crippen LogP contribution is 2.27. The first kappa shape index (κ1) is 16.9. The lowest BCUT2D eigenvalue weighted by Crippen LogP contribution is -2.42. The van der Waals surface area contributed by atoms with Gasteiger partial charge >= 0.3 is 0 Å². The summed E-state index contributed by atoms with van der Waals surface area (Å²) in [5.74, 6) is -0.289. The van der Waals surface area contributed by atoms with Gasteiger partial charge in [-0.3, -0.25) is 4.79 Å². The number of nitrogens with one attached hydrogen (secondary N) is 2. The summed E-state index contributed by atoms with van der Waals surface area (Å²) in [7, 11) is 0. The maximum atomic E-state index is 12.5. The fourth-order valence-electron chi connectivity index (χ4n) is 3.10. The molecule has 7 heteroatoms. The fraction of sp³-hybridized carbons (Fsp3) is 0.471. The third-order valence-corrected chi connectivity index (χ3v) is 4.86. The number of halogens is 1. The molecular formula is C17H21ClN4O2. The van der Waals surface area contributed by atoms with Crippen LogP contribution in [-0.4, -0.2) is 38.6 Å². The molecule has 128 valence electrons. The van der Waals surface area contributed by atoms with E-state index in [9.17, 15) is 9.90 Å². The molecule has 1 aliphatic rings. The minimum Gasteiger partial charge on any atom is -0.388 e. The average molecular weight is 349 g/mol. The lowest BCUT2D eigenvalue weighted by atomic mass is 9.94. The van der Waals surface area contributed by atoms with Crippen molar-refractivity contribution >= 4 is 17.5 Å². The van der Waals surface area contributed by atoms with E-state index in [2.05, 4.69) is 20.7 Å². The molecule has 1 saturated carbocycles. The van der Waals surface area contributed by atoms with Gasteiger partial charge in [-0.05, 0) is 25.0 Å². The Morgan fingerprint density at radius 1 is 1.29 bits per heavy atom. The van der Waals surface area contributed by atoms with Crippen molar-refractivity contribution < 1.29 is 9.90 Å². The number of nitrogens with zero attached hydrogens (tertiary/aromatic N) is 2. The van der Waals surface area contributed by atoms with Crippen LogP contribution in [0.3, 0.4) is 0 Å². The summed E-state index contributed by atoms with van der Waals surface area (Å²) >= 11 is 6.17. The zero-order valence-electron chi connectivity index (χ0n) is 13.4. The van der Waals surface area contributed by atoms with Gasteiger partial charge in [0, 0.05) is 12.1 Å². The molecule has 0 saturated heterocycles. The van der Waals surface area contributed by atoms with E-state index in [0.29, 0.717) is 16.3 Å². The Hall–Kier alpha value is -1.92. The van der Waals surface area contributed by atoms with E-state index in [1.54, 1.807) is 24.4 Å². The Bertz CT molecular complexity index is 695. The molecule has 0 radical (unpaired) electrons. The van der Waals surface area contributed by atoms with Gasteiger partial charge < -0.3 is 10.4 Å². The quantitative estimate of drug-likeness (QED) is 0.741. The van der Waals surface area contributed by atoms with Crippen molar-refractivity contribution in [3.63, 3.8) is 0 Å². The van der Waals surface area contributed by atoms with E-state index in [-0.39, 0.29) is 12.5 Å². The predicted molar refractivity (Wildman–Crippen MR) is 91.8 cm³/mol. The Labute approximate surface area is 145 Å². The van der Waals surface area contributed by atoms with Crippen molar-refractivity contribution in [2.75, 3.05) is 6.54 Å². The molecule has 0 bridgehead atoms. The van der Waals surface area contributed by atoms with Crippen molar-refractivity contribution in [3.8, 4) is 11.3 Å². The smallest absolute Gasteiger partial charge is 0.252 e. The zero-order chi connectivity index (χ0) is 17.0. The highest BCUT2D eigenvalue weighted by Gasteiger charge is 2.28. The van der Waals surface area contributed by atoms with Crippen LogP contribution in [0.4, 0.5) is 0 Å². The first-order chi connectivity index (χ1) is 11.6. The Morgan fingerprint density at radius 3 is 2.71 bits per heavy atom. The van der Waals surface area contributed by atoms with Gasteiger partial charge in [0.25, 0.3) is 5.91 Å². The third kappa shape index (κ3) is 3.94. The molecule has 1 aromatic heterocycles. The summed E-state index contributed by atoms with van der Waals surface area (Å²) < 4.78 is 0. The van der Waals surface area contributed by atoms with E-state index < -0.39 is 5.60 Å². The summed E-state index contributed by atoms with van der Waals surface area (Å²) in [4.78, 5) is 12.5. The molecule has 1 amide bonds. The van der Waals surface area contributed by atoms with E-state index in [0.717, 1.165) is 44.1 Å². The molecule has 3 N–H and O–H groups in total. The van der Waals surface area contributed by atoms with Gasteiger partial charge in [0.2, 0.25) is 0 Å². The molecule has 24 heavy (non-hydrogen) atoms. The first-order valence-corrected chi connectivity index (χ1v) is 8.61. The molecule has 0 spiro atoms. The molecule has 6 nitrogen and oxygen atoms in total. The topological polar surface area (TPSA) is 90.9 Å². The zero-order valence-corrected chi connectivity index (χ0v) is 14.1. The number of aromatic nitrogens is 3. The van der Waals surface area contributed by atoms with Crippen LogP contribution >= 0.6 is 11.6 Å². The lowest BCUT2D eigenvalue weighted by Gasteiger charge is -2.26. The minimum absolute atomic E-state index is 0.246. The van der Waals surface area contributed by atoms with Gasteiger partial charge in [-0.15, -0.1) is 0 Å². The molecule has 0 unspecified atom stereocenters. The summed E-state index contributed by atoms with van der Waals surface area (Å²) in [6.07, 6.45) is 7.30. The van der Waals surface area contributed by atoms with Gasteiger partial charge in [0.1, 0.15) is 5.69 Å². The number of aromatic amines is 1. The molecule has 0 aliphatic heterocycles. The van der Waals surface area contributed by atoms with E-state index >= 15 is 0 Å². The van der Waals surface area contributed by atoms with Crippen molar-refractivity contribution in [3.05, 3.63) is 35.0 Å². The Kier molecular flexibility index (Phi) is 5.16. The number of hydrogen-bond donors (Lipinski definition) is 3. The minimum atomic E-state index is -0.817. The van der Waals surface area contributed by atoms with Crippen LogP contribution in [-0.2, 0) is 0 Å². The van der Waals surface area contributed by atoms with E-state index in [1.807, 2.05) is 0 Å². The number of carbonyl (C=O) groups is 1. The number of benzene rings is 1. The first-order valence-electron chi connectivity index (χ1n) is 8.24. The second kappa shape index (κ2) is 7.32. The predicted octanol–water partition coefficient (Wildman–Crippen LogP) is 2.94. The van der Waals surface area contributed by atoms with E-state index in [4.69, 9.17) is 11.6 Å². The molecule has 3 rings (SSSR count). The second-order valence-electron chi connectivity index (χ2n) is 6.37. The lowest BCUT2D eigenvalue weighted by molar-refractivity contribution is 0.0246. The highest BCUT2D eigenvalue weighted by molar-refractivity contribution is 6.34. The average Bonchev–Trinajstić information content (AvgIpc) is 3.02. The number of amides is 1. The fourth-order valence-corrected chi connectivity index (χ4v) is 3.31. The van der Waals surface area contributed by atoms with Crippen LogP contribution in [0, 0.1) is 0 Å². The van der Waals surface area contributed by atoms with Crippen LogP contribution in [0.5, 0.6) is 0 Å². The molecule has 1 aromatic carbocycles. The summed E-state index contributed by atoms with van der Waals surface area (Å²) in [5, 5.41) is 24.2. The van der Waals surface area contributed by atoms with Crippen molar-refractivity contribution in [1.82, 2.24) is 20.7 Å². The van der Waals surface area contributed by atoms with Gasteiger partial charge in [-0.2, -0.15) is 15.4 Å². The summed E-state index contributed by atoms with van der Waals surface area (Å²) in [6, 6.07) is 5.14. The van der Waals surface area contributed by atoms with Crippen LogP contribution < -0.4 is 5.32 Å². The van der Waals surface area contributed by atoms with Crippen molar-refractivity contribution in [1.29, 1.82) is 0 Å². The largest absolute Gasteiger partial charge is 0.388 e. The number of carbonyl (C=O) groups excluding carboxylic acids is 1. The summed E-state index contributed by atoms with van der Waals surface area (Å²) in [6.45, 7) is 0.246. The molecule has 1 fully saturated rings. The van der Waals surface area contributed by atoms with Crippen LogP contribution in [0.2, 0.25) is 5.02 Å². The SMILES string of the molecule is O=C(NCC1(O)CCCCCC1)c1cc(-c2cn[nH]n2)ccc1Cl. The summed E-state index contributed by atoms with van der Waals surface area (Å²) in [5.41, 5.74) is 0.950. The van der Waals surface area contributed by atoms with E-state index in [1.165, 1.54) is 0 Å². The number of hydrogen-bond acceptors (Lipinski definition) is 4. The molecule has 0 atom stereocenters. The Morgan fingerprint density at radius 2 is 2.04 bits per heavy atom. The van der Waals surface area contributed by atoms with Crippen LogP contribution in [0.25, 0.3) is 11.3 Å². The van der Waals surface area contributed by atoms with Crippen LogP contribution in [0.1, 0.15) is 48.9 Å². The Balaban J connectivity index is 1.71. The molecular weight excluding hydrogens is 328 g/mol. The van der Waals surface area contributed by atoms with Crippen molar-refractivity contribution in [2.45, 2.75) is 44.1 Å². The second-order valence-corrected chi connectivity index (χ2v) is 6.78. The molecule has 2 aromatic rings. The monoisotopic (exact) mass is 348 g/mol. The number of rotatable bonds is 4. The maximum Gasteiger partial charge on any atom is 0.252 e. The third-order valence-electron chi connectivity index (χ3n) is 4.53. The highest BCUT2D eigenvalue weighted by atomic mass is 35.5. The van der Waals surface area contributed by atoms with Gasteiger partial charge in [0.05, 0.1) is 22.4 Å².